The number of hydrogen-bond donors (Lipinski definition) is 1. The maximum absolute atomic E-state index is 12.8. The van der Waals surface area contributed by atoms with Crippen molar-refractivity contribution in [3.05, 3.63) is 53.7 Å². The third kappa shape index (κ3) is 2.30. The number of ether oxygens (including phenoxy) is 1. The fraction of sp³-hybridized carbons (Fsp3) is 0.0667. The number of halogens is 1. The molecule has 0 saturated heterocycles. The van der Waals surface area contributed by atoms with Crippen LogP contribution in [-0.4, -0.2) is 19.5 Å². The molecule has 114 valence electrons. The summed E-state index contributed by atoms with van der Waals surface area (Å²) in [7, 11) is -2.29. The van der Waals surface area contributed by atoms with Crippen molar-refractivity contribution in [2.75, 3.05) is 12.8 Å². The lowest BCUT2D eigenvalue weighted by atomic mass is 10.2. The van der Waals surface area contributed by atoms with E-state index < -0.39 is 10.0 Å². The van der Waals surface area contributed by atoms with Gasteiger partial charge in [0.15, 0.2) is 0 Å². The molecule has 1 heterocycles. The fourth-order valence-electron chi connectivity index (χ4n) is 2.27. The molecule has 0 amide bonds. The number of nitrogens with two attached hydrogens (primary N) is 1. The quantitative estimate of drug-likeness (QED) is 0.746. The second-order valence-electron chi connectivity index (χ2n) is 4.72. The Balaban J connectivity index is 2.20. The minimum atomic E-state index is -3.76. The number of aromatic nitrogens is 1. The molecule has 0 bridgehead atoms. The summed E-state index contributed by atoms with van der Waals surface area (Å²) in [4.78, 5) is 0.0864. The van der Waals surface area contributed by atoms with Crippen molar-refractivity contribution >= 4 is 38.2 Å². The maximum Gasteiger partial charge on any atom is 0.268 e. The predicted molar refractivity (Wildman–Crippen MR) is 86.9 cm³/mol. The Hall–Kier alpha value is -2.18. The number of hydrogen-bond acceptors (Lipinski definition) is 4. The number of anilines is 1. The first-order valence-corrected chi connectivity index (χ1v) is 8.21. The summed E-state index contributed by atoms with van der Waals surface area (Å²) in [5.41, 5.74) is 6.58. The van der Waals surface area contributed by atoms with E-state index >= 15 is 0 Å². The summed E-state index contributed by atoms with van der Waals surface area (Å²) in [6.45, 7) is 0. The van der Waals surface area contributed by atoms with Crippen LogP contribution in [-0.2, 0) is 10.0 Å². The molecule has 0 aliphatic rings. The van der Waals surface area contributed by atoms with Crippen LogP contribution in [0.4, 0.5) is 5.69 Å². The van der Waals surface area contributed by atoms with Gasteiger partial charge < -0.3 is 10.5 Å². The average Bonchev–Trinajstić information content (AvgIpc) is 2.90. The molecule has 0 saturated carbocycles. The molecule has 1 aromatic heterocycles. The van der Waals surface area contributed by atoms with Crippen molar-refractivity contribution in [2.45, 2.75) is 4.90 Å². The summed E-state index contributed by atoms with van der Waals surface area (Å²) in [5, 5.41) is 1.26. The number of fused-ring (bicyclic) bond motifs is 1. The first-order chi connectivity index (χ1) is 10.4. The molecule has 0 unspecified atom stereocenters. The molecule has 0 radical (unpaired) electrons. The van der Waals surface area contributed by atoms with Crippen molar-refractivity contribution < 1.29 is 13.2 Å². The second kappa shape index (κ2) is 5.23. The van der Waals surface area contributed by atoms with Gasteiger partial charge >= 0.3 is 0 Å². The van der Waals surface area contributed by atoms with Crippen LogP contribution in [0.2, 0.25) is 5.02 Å². The third-order valence-corrected chi connectivity index (χ3v) is 5.30. The normalized spacial score (nSPS) is 11.7. The summed E-state index contributed by atoms with van der Waals surface area (Å²) >= 11 is 5.96. The number of methoxy groups -OCH3 is 1. The average molecular weight is 337 g/mol. The highest BCUT2D eigenvalue weighted by Crippen LogP contribution is 2.28. The van der Waals surface area contributed by atoms with Gasteiger partial charge in [0.25, 0.3) is 10.0 Å². The lowest BCUT2D eigenvalue weighted by Crippen LogP contribution is -2.12. The van der Waals surface area contributed by atoms with Crippen LogP contribution in [0.5, 0.6) is 5.75 Å². The van der Waals surface area contributed by atoms with Gasteiger partial charge in [-0.05, 0) is 36.4 Å². The van der Waals surface area contributed by atoms with E-state index in [1.807, 2.05) is 0 Å². The van der Waals surface area contributed by atoms with Crippen LogP contribution in [0.15, 0.2) is 53.6 Å². The van der Waals surface area contributed by atoms with Gasteiger partial charge in [0.05, 0.1) is 23.2 Å². The van der Waals surface area contributed by atoms with E-state index in [1.54, 1.807) is 24.3 Å². The highest BCUT2D eigenvalue weighted by Gasteiger charge is 2.20. The third-order valence-electron chi connectivity index (χ3n) is 3.38. The van der Waals surface area contributed by atoms with Crippen LogP contribution in [0.25, 0.3) is 10.9 Å². The molecule has 0 aliphatic heterocycles. The Morgan fingerprint density at radius 2 is 1.91 bits per heavy atom. The molecule has 2 aromatic carbocycles. The van der Waals surface area contributed by atoms with Crippen molar-refractivity contribution in [3.63, 3.8) is 0 Å². The summed E-state index contributed by atoms with van der Waals surface area (Å²) < 4.78 is 31.8. The minimum absolute atomic E-state index is 0.0864. The lowest BCUT2D eigenvalue weighted by Gasteiger charge is -2.10. The molecule has 0 fully saturated rings. The van der Waals surface area contributed by atoms with Crippen LogP contribution in [0, 0.1) is 0 Å². The first kappa shape index (κ1) is 14.7. The van der Waals surface area contributed by atoms with Crippen molar-refractivity contribution in [1.29, 1.82) is 0 Å². The molecule has 22 heavy (non-hydrogen) atoms. The van der Waals surface area contributed by atoms with Gasteiger partial charge in [-0.1, -0.05) is 17.7 Å². The van der Waals surface area contributed by atoms with Gasteiger partial charge in [-0.25, -0.2) is 12.4 Å². The molecule has 5 nitrogen and oxygen atoms in total. The van der Waals surface area contributed by atoms with Crippen LogP contribution in [0.1, 0.15) is 0 Å². The largest absolute Gasteiger partial charge is 0.495 e. The maximum atomic E-state index is 12.8. The minimum Gasteiger partial charge on any atom is -0.495 e. The zero-order valence-corrected chi connectivity index (χ0v) is 13.2. The Bertz CT molecular complexity index is 964. The monoisotopic (exact) mass is 336 g/mol. The molecule has 7 heteroatoms. The predicted octanol–water partition coefficient (Wildman–Crippen LogP) is 3.12. The van der Waals surface area contributed by atoms with Crippen molar-refractivity contribution in [2.24, 2.45) is 0 Å². The molecule has 3 rings (SSSR count). The summed E-state index contributed by atoms with van der Waals surface area (Å²) in [6.07, 6.45) is 1.50. The Labute approximate surface area is 132 Å². The van der Waals surface area contributed by atoms with E-state index in [-0.39, 0.29) is 10.6 Å². The van der Waals surface area contributed by atoms with Crippen LogP contribution < -0.4 is 10.5 Å². The smallest absolute Gasteiger partial charge is 0.268 e. The van der Waals surface area contributed by atoms with E-state index in [0.717, 1.165) is 5.39 Å². The topological polar surface area (TPSA) is 74.3 Å². The fourth-order valence-corrected chi connectivity index (χ4v) is 3.82. The van der Waals surface area contributed by atoms with Gasteiger partial charge in [0.2, 0.25) is 0 Å². The van der Waals surface area contributed by atoms with Gasteiger partial charge in [-0.3, -0.25) is 0 Å². The van der Waals surface area contributed by atoms with Gasteiger partial charge in [-0.15, -0.1) is 0 Å². The molecule has 2 N–H and O–H groups in total. The highest BCUT2D eigenvalue weighted by molar-refractivity contribution is 7.90. The summed E-state index contributed by atoms with van der Waals surface area (Å²) in [5.74, 6) is 0.430. The van der Waals surface area contributed by atoms with E-state index in [9.17, 15) is 8.42 Å². The molecular weight excluding hydrogens is 324 g/mol. The number of nitrogens with zero attached hydrogens (tertiary/aromatic N) is 1. The van der Waals surface area contributed by atoms with E-state index in [4.69, 9.17) is 22.1 Å². The van der Waals surface area contributed by atoms with E-state index in [1.165, 1.54) is 35.5 Å². The number of benzene rings is 2. The van der Waals surface area contributed by atoms with Crippen molar-refractivity contribution in [3.8, 4) is 5.75 Å². The van der Waals surface area contributed by atoms with Crippen LogP contribution in [0.3, 0.4) is 0 Å². The molecule has 3 aromatic rings. The molecule has 0 spiro atoms. The number of rotatable bonds is 3. The van der Waals surface area contributed by atoms with Gasteiger partial charge in [0.1, 0.15) is 5.75 Å². The summed E-state index contributed by atoms with van der Waals surface area (Å²) in [6, 6.07) is 11.2. The Morgan fingerprint density at radius 1 is 1.14 bits per heavy atom. The van der Waals surface area contributed by atoms with Gasteiger partial charge in [0, 0.05) is 16.6 Å². The molecular formula is C15H13ClN2O3S. The standard InChI is InChI=1S/C15H13ClN2O3S/c1-21-15-5-4-12(9-13(15)17)22(19,20)18-7-6-10-2-3-11(16)8-14(10)18/h2-9H,17H2,1H3. The molecule has 0 atom stereocenters. The second-order valence-corrected chi connectivity index (χ2v) is 6.97. The highest BCUT2D eigenvalue weighted by atomic mass is 35.5. The zero-order valence-electron chi connectivity index (χ0n) is 11.7. The van der Waals surface area contributed by atoms with E-state index in [2.05, 4.69) is 0 Å². The lowest BCUT2D eigenvalue weighted by molar-refractivity contribution is 0.416. The van der Waals surface area contributed by atoms with E-state index in [0.29, 0.717) is 16.3 Å². The van der Waals surface area contributed by atoms with Crippen molar-refractivity contribution in [1.82, 2.24) is 3.97 Å². The first-order valence-electron chi connectivity index (χ1n) is 6.39. The molecule has 0 aliphatic carbocycles. The zero-order chi connectivity index (χ0) is 15.9. The van der Waals surface area contributed by atoms with Gasteiger partial charge in [-0.2, -0.15) is 0 Å². The Kier molecular flexibility index (Phi) is 3.50. The van der Waals surface area contributed by atoms with Crippen LogP contribution >= 0.6 is 11.6 Å². The number of nitrogen functional groups attached to an aromatic ring is 1. The SMILES string of the molecule is COc1ccc(S(=O)(=O)n2ccc3ccc(Cl)cc32)cc1N. The Morgan fingerprint density at radius 3 is 2.59 bits per heavy atom.